The van der Waals surface area contributed by atoms with Crippen molar-refractivity contribution in [3.63, 3.8) is 0 Å². The monoisotopic (exact) mass is 374 g/mol. The van der Waals surface area contributed by atoms with Gasteiger partial charge in [-0.1, -0.05) is 6.07 Å². The molecule has 144 valence electrons. The summed E-state index contributed by atoms with van der Waals surface area (Å²) in [5.74, 6) is 0.0981. The highest BCUT2D eigenvalue weighted by Gasteiger charge is 2.26. The van der Waals surface area contributed by atoms with E-state index in [4.69, 9.17) is 0 Å². The van der Waals surface area contributed by atoms with Gasteiger partial charge in [-0.2, -0.15) is 0 Å². The molecule has 28 heavy (non-hydrogen) atoms. The molecule has 0 saturated carbocycles. The minimum Gasteiger partial charge on any atom is -0.339 e. The van der Waals surface area contributed by atoms with Gasteiger partial charge in [0.15, 0.2) is 0 Å². The zero-order valence-electron chi connectivity index (χ0n) is 16.3. The van der Waals surface area contributed by atoms with Crippen LogP contribution in [0.25, 0.3) is 10.9 Å². The van der Waals surface area contributed by atoms with E-state index in [1.807, 2.05) is 54.7 Å². The molecule has 3 aromatic rings. The number of amides is 1. The van der Waals surface area contributed by atoms with Crippen LogP contribution in [0.5, 0.6) is 0 Å². The lowest BCUT2D eigenvalue weighted by molar-refractivity contribution is 0.0644. The molecule has 0 N–H and O–H groups in total. The van der Waals surface area contributed by atoms with E-state index in [2.05, 4.69) is 27.0 Å². The first-order chi connectivity index (χ1) is 13.7. The van der Waals surface area contributed by atoms with E-state index in [1.165, 1.54) is 5.56 Å². The lowest BCUT2D eigenvalue weighted by atomic mass is 10.0. The van der Waals surface area contributed by atoms with Crippen molar-refractivity contribution in [1.29, 1.82) is 0 Å². The third kappa shape index (κ3) is 4.20. The number of pyridine rings is 2. The number of carbonyl (C=O) groups excluding carboxylic acids is 1. The van der Waals surface area contributed by atoms with E-state index in [0.717, 1.165) is 55.4 Å². The molecule has 4 rings (SSSR count). The van der Waals surface area contributed by atoms with Crippen molar-refractivity contribution in [3.05, 3.63) is 72.2 Å². The van der Waals surface area contributed by atoms with Crippen LogP contribution in [0, 0.1) is 0 Å². The Morgan fingerprint density at radius 1 is 1.11 bits per heavy atom. The zero-order chi connectivity index (χ0) is 19.3. The Hall–Kier alpha value is -2.79. The molecular weight excluding hydrogens is 348 g/mol. The highest BCUT2D eigenvalue weighted by molar-refractivity contribution is 5.97. The van der Waals surface area contributed by atoms with E-state index in [1.54, 1.807) is 6.20 Å². The van der Waals surface area contributed by atoms with Crippen molar-refractivity contribution in [2.75, 3.05) is 26.7 Å². The van der Waals surface area contributed by atoms with Gasteiger partial charge in [0, 0.05) is 62.3 Å². The van der Waals surface area contributed by atoms with Gasteiger partial charge in [-0.3, -0.25) is 14.8 Å². The molecule has 1 fully saturated rings. The van der Waals surface area contributed by atoms with Crippen LogP contribution in [-0.2, 0) is 6.42 Å². The first-order valence-electron chi connectivity index (χ1n) is 9.94. The minimum absolute atomic E-state index is 0.0981. The molecule has 1 aromatic carbocycles. The molecule has 1 aliphatic heterocycles. The highest BCUT2D eigenvalue weighted by Crippen LogP contribution is 2.20. The predicted octanol–water partition coefficient (Wildman–Crippen LogP) is 3.41. The molecule has 0 aliphatic carbocycles. The Morgan fingerprint density at radius 2 is 1.89 bits per heavy atom. The SMILES string of the molecule is CN(C(=O)c1ccc2ncccc2c1)C1CCN(CCc2ccncc2)CC1. The fourth-order valence-corrected chi connectivity index (χ4v) is 3.95. The number of hydrogen-bond donors (Lipinski definition) is 0. The summed E-state index contributed by atoms with van der Waals surface area (Å²) in [6, 6.07) is 14.1. The second kappa shape index (κ2) is 8.48. The largest absolute Gasteiger partial charge is 0.339 e. The number of hydrogen-bond acceptors (Lipinski definition) is 4. The molecule has 1 amide bonds. The van der Waals surface area contributed by atoms with Gasteiger partial charge in [-0.05, 0) is 61.2 Å². The van der Waals surface area contributed by atoms with Crippen LogP contribution in [0.2, 0.25) is 0 Å². The number of likely N-dealkylation sites (tertiary alicyclic amines) is 1. The van der Waals surface area contributed by atoms with Crippen molar-refractivity contribution < 1.29 is 4.79 Å². The Bertz CT molecular complexity index is 935. The van der Waals surface area contributed by atoms with E-state index < -0.39 is 0 Å². The van der Waals surface area contributed by atoms with Gasteiger partial charge in [0.2, 0.25) is 0 Å². The third-order valence-electron chi connectivity index (χ3n) is 5.74. The summed E-state index contributed by atoms with van der Waals surface area (Å²) in [4.78, 5) is 25.8. The zero-order valence-corrected chi connectivity index (χ0v) is 16.3. The molecule has 2 aromatic heterocycles. The maximum absolute atomic E-state index is 13.0. The smallest absolute Gasteiger partial charge is 0.253 e. The normalized spacial score (nSPS) is 15.6. The molecule has 0 atom stereocenters. The number of nitrogens with zero attached hydrogens (tertiary/aromatic N) is 4. The van der Waals surface area contributed by atoms with Gasteiger partial charge in [0.1, 0.15) is 0 Å². The first kappa shape index (κ1) is 18.6. The molecule has 1 saturated heterocycles. The molecule has 0 unspecified atom stereocenters. The number of carbonyl (C=O) groups is 1. The van der Waals surface area contributed by atoms with E-state index >= 15 is 0 Å². The molecule has 0 bridgehead atoms. The standard InChI is InChI=1S/C23H26N4O/c1-26(23(28)20-4-5-22-19(17-20)3-2-11-25-22)21-9-15-27(16-10-21)14-8-18-6-12-24-13-7-18/h2-7,11-13,17,21H,8-10,14-16H2,1H3. The minimum atomic E-state index is 0.0981. The molecule has 1 aliphatic rings. The molecule has 3 heterocycles. The Morgan fingerprint density at radius 3 is 2.68 bits per heavy atom. The van der Waals surface area contributed by atoms with Gasteiger partial charge in [-0.15, -0.1) is 0 Å². The van der Waals surface area contributed by atoms with Gasteiger partial charge in [0.25, 0.3) is 5.91 Å². The van der Waals surface area contributed by atoms with Crippen molar-refractivity contribution >= 4 is 16.8 Å². The van der Waals surface area contributed by atoms with E-state index in [9.17, 15) is 4.79 Å². The number of fused-ring (bicyclic) bond motifs is 1. The molecule has 5 heteroatoms. The average Bonchev–Trinajstić information content (AvgIpc) is 2.77. The molecule has 0 spiro atoms. The average molecular weight is 374 g/mol. The number of benzene rings is 1. The lowest BCUT2D eigenvalue weighted by Gasteiger charge is -2.36. The van der Waals surface area contributed by atoms with Crippen LogP contribution in [0.3, 0.4) is 0 Å². The summed E-state index contributed by atoms with van der Waals surface area (Å²) in [5.41, 5.74) is 2.99. The predicted molar refractivity (Wildman–Crippen MR) is 111 cm³/mol. The van der Waals surface area contributed by atoms with E-state index in [0.29, 0.717) is 6.04 Å². The Balaban J connectivity index is 1.32. The summed E-state index contributed by atoms with van der Waals surface area (Å²) in [5, 5.41) is 1.01. The second-order valence-corrected chi connectivity index (χ2v) is 7.51. The third-order valence-corrected chi connectivity index (χ3v) is 5.74. The summed E-state index contributed by atoms with van der Waals surface area (Å²) in [6.07, 6.45) is 8.57. The first-order valence-corrected chi connectivity index (χ1v) is 9.94. The topological polar surface area (TPSA) is 49.3 Å². The summed E-state index contributed by atoms with van der Waals surface area (Å²) >= 11 is 0. The summed E-state index contributed by atoms with van der Waals surface area (Å²) < 4.78 is 0. The quantitative estimate of drug-likeness (QED) is 0.687. The number of rotatable bonds is 5. The number of aromatic nitrogens is 2. The van der Waals surface area contributed by atoms with Gasteiger partial charge in [-0.25, -0.2) is 0 Å². The second-order valence-electron chi connectivity index (χ2n) is 7.51. The maximum atomic E-state index is 13.0. The molecular formula is C23H26N4O. The van der Waals surface area contributed by atoms with Crippen molar-refractivity contribution in [3.8, 4) is 0 Å². The summed E-state index contributed by atoms with van der Waals surface area (Å²) in [6.45, 7) is 3.14. The fraction of sp³-hybridized carbons (Fsp3) is 0.348. The molecule has 5 nitrogen and oxygen atoms in total. The van der Waals surface area contributed by atoms with Gasteiger partial charge < -0.3 is 9.80 Å². The fourth-order valence-electron chi connectivity index (χ4n) is 3.95. The van der Waals surface area contributed by atoms with Crippen molar-refractivity contribution in [2.45, 2.75) is 25.3 Å². The van der Waals surface area contributed by atoms with Crippen molar-refractivity contribution in [1.82, 2.24) is 19.8 Å². The van der Waals surface area contributed by atoms with Gasteiger partial charge >= 0.3 is 0 Å². The van der Waals surface area contributed by atoms with Crippen LogP contribution in [0.1, 0.15) is 28.8 Å². The Labute approximate surface area is 166 Å². The van der Waals surface area contributed by atoms with Crippen LogP contribution in [0.15, 0.2) is 61.1 Å². The summed E-state index contributed by atoms with van der Waals surface area (Å²) in [7, 11) is 1.94. The van der Waals surface area contributed by atoms with Crippen molar-refractivity contribution in [2.24, 2.45) is 0 Å². The van der Waals surface area contributed by atoms with Gasteiger partial charge in [0.05, 0.1) is 5.52 Å². The van der Waals surface area contributed by atoms with E-state index in [-0.39, 0.29) is 5.91 Å². The maximum Gasteiger partial charge on any atom is 0.253 e. The van der Waals surface area contributed by atoms with Crippen LogP contribution in [0.4, 0.5) is 0 Å². The van der Waals surface area contributed by atoms with Crippen LogP contribution >= 0.6 is 0 Å². The Kier molecular flexibility index (Phi) is 5.63. The van der Waals surface area contributed by atoms with Crippen LogP contribution in [-0.4, -0.2) is 58.4 Å². The molecule has 0 radical (unpaired) electrons. The highest BCUT2D eigenvalue weighted by atomic mass is 16.2. The number of piperidine rings is 1. The lowest BCUT2D eigenvalue weighted by Crippen LogP contribution is -2.46. The van der Waals surface area contributed by atoms with Crippen LogP contribution < -0.4 is 0 Å².